The summed E-state index contributed by atoms with van der Waals surface area (Å²) in [6.45, 7) is 0. The van der Waals surface area contributed by atoms with Crippen molar-refractivity contribution in [2.75, 3.05) is 0 Å². The predicted octanol–water partition coefficient (Wildman–Crippen LogP) is 0.367. The number of amides is 1. The van der Waals surface area contributed by atoms with E-state index in [4.69, 9.17) is 5.73 Å². The van der Waals surface area contributed by atoms with Crippen LogP contribution in [0.5, 0.6) is 0 Å². The van der Waals surface area contributed by atoms with Crippen LogP contribution < -0.4 is 5.73 Å². The number of sulfone groups is 1. The maximum absolute atomic E-state index is 11.6. The first-order valence-electron chi connectivity index (χ1n) is 4.30. The van der Waals surface area contributed by atoms with Gasteiger partial charge >= 0.3 is 0 Å². The Balaban J connectivity index is 3.09. The summed E-state index contributed by atoms with van der Waals surface area (Å²) in [5.74, 6) is -0.893. The molecular formula is C9H8N2O5S. The summed E-state index contributed by atoms with van der Waals surface area (Å²) >= 11 is 0. The highest BCUT2D eigenvalue weighted by molar-refractivity contribution is 7.94. The van der Waals surface area contributed by atoms with E-state index in [1.807, 2.05) is 0 Å². The average Bonchev–Trinajstić information content (AvgIpc) is 2.27. The fourth-order valence-corrected chi connectivity index (χ4v) is 1.98. The molecule has 0 aliphatic carbocycles. The number of rotatable bonds is 4. The molecule has 0 saturated heterocycles. The molecule has 0 saturated carbocycles. The first kappa shape index (κ1) is 12.8. The van der Waals surface area contributed by atoms with Crippen molar-refractivity contribution in [3.8, 4) is 0 Å². The summed E-state index contributed by atoms with van der Waals surface area (Å²) < 4.78 is 23.1. The lowest BCUT2D eigenvalue weighted by Crippen LogP contribution is -2.07. The largest absolute Gasteiger partial charge is 0.366 e. The molecule has 0 radical (unpaired) electrons. The van der Waals surface area contributed by atoms with E-state index in [1.54, 1.807) is 0 Å². The van der Waals surface area contributed by atoms with E-state index >= 15 is 0 Å². The number of nitro groups is 1. The fraction of sp³-hybridized carbons (Fsp3) is 0. The smallest absolute Gasteiger partial charge is 0.269 e. The maximum Gasteiger partial charge on any atom is 0.269 e. The van der Waals surface area contributed by atoms with Gasteiger partial charge in [0.15, 0.2) is 9.84 Å². The Morgan fingerprint density at radius 3 is 2.24 bits per heavy atom. The minimum Gasteiger partial charge on any atom is -0.366 e. The third kappa shape index (κ3) is 3.38. The van der Waals surface area contributed by atoms with Gasteiger partial charge in [-0.1, -0.05) is 0 Å². The van der Waals surface area contributed by atoms with E-state index in [2.05, 4.69) is 0 Å². The van der Waals surface area contributed by atoms with Gasteiger partial charge in [0, 0.05) is 23.6 Å². The Hall–Kier alpha value is -2.22. The number of nitro benzene ring substituents is 1. The van der Waals surface area contributed by atoms with Crippen LogP contribution in [0.4, 0.5) is 5.69 Å². The van der Waals surface area contributed by atoms with Gasteiger partial charge < -0.3 is 5.73 Å². The van der Waals surface area contributed by atoms with Gasteiger partial charge in [-0.2, -0.15) is 0 Å². The van der Waals surface area contributed by atoms with Crippen LogP contribution in [0, 0.1) is 10.1 Å². The molecule has 7 nitrogen and oxygen atoms in total. The summed E-state index contributed by atoms with van der Waals surface area (Å²) in [4.78, 5) is 20.0. The van der Waals surface area contributed by atoms with Crippen LogP contribution in [0.2, 0.25) is 0 Å². The van der Waals surface area contributed by atoms with E-state index in [-0.39, 0.29) is 10.6 Å². The van der Waals surface area contributed by atoms with Crippen LogP contribution in [-0.4, -0.2) is 19.2 Å². The Labute approximate surface area is 96.6 Å². The number of non-ortho nitro benzene ring substituents is 1. The average molecular weight is 256 g/mol. The number of hydrogen-bond donors (Lipinski definition) is 1. The first-order chi connectivity index (χ1) is 7.83. The number of nitrogens with two attached hydrogens (primary N) is 1. The van der Waals surface area contributed by atoms with Crippen molar-refractivity contribution >= 4 is 21.4 Å². The maximum atomic E-state index is 11.6. The lowest BCUT2D eigenvalue weighted by molar-refractivity contribution is -0.384. The molecule has 0 bridgehead atoms. The molecule has 1 amide bonds. The van der Waals surface area contributed by atoms with Crippen molar-refractivity contribution in [3.05, 3.63) is 45.9 Å². The van der Waals surface area contributed by atoms with Crippen LogP contribution >= 0.6 is 0 Å². The third-order valence-electron chi connectivity index (χ3n) is 1.79. The Kier molecular flexibility index (Phi) is 3.59. The van der Waals surface area contributed by atoms with Gasteiger partial charge in [0.1, 0.15) is 0 Å². The molecule has 0 unspecified atom stereocenters. The first-order valence-corrected chi connectivity index (χ1v) is 5.84. The van der Waals surface area contributed by atoms with Crippen LogP contribution in [0.3, 0.4) is 0 Å². The van der Waals surface area contributed by atoms with Crippen molar-refractivity contribution in [1.29, 1.82) is 0 Å². The van der Waals surface area contributed by atoms with E-state index in [1.165, 1.54) is 0 Å². The fourth-order valence-electron chi connectivity index (χ4n) is 0.993. The highest BCUT2D eigenvalue weighted by Gasteiger charge is 2.12. The quantitative estimate of drug-likeness (QED) is 0.474. The lowest BCUT2D eigenvalue weighted by atomic mass is 10.3. The minimum absolute atomic E-state index is 0.152. The zero-order chi connectivity index (χ0) is 13.1. The summed E-state index contributed by atoms with van der Waals surface area (Å²) in [7, 11) is -3.80. The van der Waals surface area contributed by atoms with Crippen molar-refractivity contribution in [1.82, 2.24) is 0 Å². The molecule has 8 heteroatoms. The number of hydrogen-bond acceptors (Lipinski definition) is 5. The van der Waals surface area contributed by atoms with Crippen molar-refractivity contribution in [3.63, 3.8) is 0 Å². The number of carbonyl (C=O) groups is 1. The highest BCUT2D eigenvalue weighted by atomic mass is 32.2. The molecule has 0 aromatic heterocycles. The van der Waals surface area contributed by atoms with Gasteiger partial charge in [0.25, 0.3) is 5.69 Å². The number of benzene rings is 1. The number of primary amides is 1. The zero-order valence-corrected chi connectivity index (χ0v) is 9.25. The molecule has 2 N–H and O–H groups in total. The molecule has 0 heterocycles. The molecule has 0 aliphatic heterocycles. The zero-order valence-electron chi connectivity index (χ0n) is 8.44. The third-order valence-corrected chi connectivity index (χ3v) is 3.21. The van der Waals surface area contributed by atoms with Gasteiger partial charge in [0.05, 0.1) is 9.82 Å². The van der Waals surface area contributed by atoms with Crippen LogP contribution in [0.15, 0.2) is 40.6 Å². The van der Waals surface area contributed by atoms with Crippen LogP contribution in [0.25, 0.3) is 0 Å². The van der Waals surface area contributed by atoms with E-state index in [0.29, 0.717) is 11.5 Å². The second-order valence-corrected chi connectivity index (χ2v) is 4.83. The van der Waals surface area contributed by atoms with E-state index < -0.39 is 20.7 Å². The second-order valence-electron chi connectivity index (χ2n) is 3.00. The van der Waals surface area contributed by atoms with Gasteiger partial charge in [-0.05, 0) is 12.1 Å². The Morgan fingerprint density at radius 1 is 1.29 bits per heavy atom. The van der Waals surface area contributed by atoms with Crippen LogP contribution in [0.1, 0.15) is 0 Å². The van der Waals surface area contributed by atoms with Crippen molar-refractivity contribution in [2.45, 2.75) is 4.90 Å². The minimum atomic E-state index is -3.80. The number of nitrogens with zero attached hydrogens (tertiary/aromatic N) is 1. The normalized spacial score (nSPS) is 11.5. The van der Waals surface area contributed by atoms with Crippen molar-refractivity contribution in [2.24, 2.45) is 5.73 Å². The van der Waals surface area contributed by atoms with E-state index in [9.17, 15) is 23.3 Å². The van der Waals surface area contributed by atoms with Crippen LogP contribution in [-0.2, 0) is 14.6 Å². The lowest BCUT2D eigenvalue weighted by Gasteiger charge is -1.97. The Morgan fingerprint density at radius 2 is 1.82 bits per heavy atom. The van der Waals surface area contributed by atoms with Gasteiger partial charge in [-0.15, -0.1) is 0 Å². The molecule has 0 aliphatic rings. The number of carbonyl (C=O) groups excluding carboxylic acids is 1. The molecular weight excluding hydrogens is 248 g/mol. The summed E-state index contributed by atoms with van der Waals surface area (Å²) in [5, 5.41) is 11.0. The van der Waals surface area contributed by atoms with E-state index in [0.717, 1.165) is 24.3 Å². The highest BCUT2D eigenvalue weighted by Crippen LogP contribution is 2.17. The molecule has 17 heavy (non-hydrogen) atoms. The molecule has 1 rings (SSSR count). The summed E-state index contributed by atoms with van der Waals surface area (Å²) in [5.41, 5.74) is 4.54. The molecule has 1 aromatic carbocycles. The molecule has 90 valence electrons. The molecule has 0 spiro atoms. The summed E-state index contributed by atoms with van der Waals surface area (Å²) in [6.07, 6.45) is 0.705. The summed E-state index contributed by atoms with van der Waals surface area (Å²) in [6, 6.07) is 4.29. The van der Waals surface area contributed by atoms with Gasteiger partial charge in [0.2, 0.25) is 5.91 Å². The van der Waals surface area contributed by atoms with Crippen molar-refractivity contribution < 1.29 is 18.1 Å². The predicted molar refractivity (Wildman–Crippen MR) is 58.6 cm³/mol. The SMILES string of the molecule is NC(=O)C=CS(=O)(=O)c1ccc([N+](=O)[O-])cc1. The topological polar surface area (TPSA) is 120 Å². The monoisotopic (exact) mass is 256 g/mol. The second kappa shape index (κ2) is 4.74. The molecule has 0 fully saturated rings. The molecule has 1 aromatic rings. The molecule has 0 atom stereocenters. The standard InChI is InChI=1S/C9H8N2O5S/c10-9(12)5-6-17(15,16)8-3-1-7(2-4-8)11(13)14/h1-6H,(H2,10,12). The Bertz CT molecular complexity index is 574. The van der Waals surface area contributed by atoms with Gasteiger partial charge in [-0.25, -0.2) is 8.42 Å². The van der Waals surface area contributed by atoms with Gasteiger partial charge in [-0.3, -0.25) is 14.9 Å².